The average Bonchev–Trinajstić information content (AvgIpc) is 2.96. The summed E-state index contributed by atoms with van der Waals surface area (Å²) in [7, 11) is 0. The summed E-state index contributed by atoms with van der Waals surface area (Å²) in [4.78, 5) is 14.3. The Kier molecular flexibility index (Phi) is 5.88. The van der Waals surface area contributed by atoms with Gasteiger partial charge in [0.15, 0.2) is 6.61 Å². The fourth-order valence-electron chi connectivity index (χ4n) is 3.06. The SMILES string of the molecule is CCN(C(=O)COc1ccc(Cl)cc1)C1CCCC1CN. The number of ether oxygens (including phenoxy) is 1. The summed E-state index contributed by atoms with van der Waals surface area (Å²) >= 11 is 5.82. The highest BCUT2D eigenvalue weighted by molar-refractivity contribution is 6.30. The predicted octanol–water partition coefficient (Wildman–Crippen LogP) is 2.69. The van der Waals surface area contributed by atoms with Gasteiger partial charge in [0.2, 0.25) is 0 Å². The van der Waals surface area contributed by atoms with Crippen molar-refractivity contribution >= 4 is 17.5 Å². The molecule has 0 aromatic heterocycles. The molecule has 2 rings (SSSR count). The normalized spacial score (nSPS) is 21.3. The van der Waals surface area contributed by atoms with E-state index in [0.29, 0.717) is 29.8 Å². The molecule has 0 spiro atoms. The second-order valence-corrected chi connectivity index (χ2v) is 5.85. The van der Waals surface area contributed by atoms with Gasteiger partial charge in [-0.1, -0.05) is 18.0 Å². The van der Waals surface area contributed by atoms with Gasteiger partial charge < -0.3 is 15.4 Å². The summed E-state index contributed by atoms with van der Waals surface area (Å²) in [5, 5.41) is 0.653. The number of halogens is 1. The lowest BCUT2D eigenvalue weighted by Gasteiger charge is -2.31. The summed E-state index contributed by atoms with van der Waals surface area (Å²) in [5.41, 5.74) is 5.81. The van der Waals surface area contributed by atoms with Crippen LogP contribution in [0.15, 0.2) is 24.3 Å². The van der Waals surface area contributed by atoms with Gasteiger partial charge in [0, 0.05) is 17.6 Å². The second-order valence-electron chi connectivity index (χ2n) is 5.42. The predicted molar refractivity (Wildman–Crippen MR) is 84.5 cm³/mol. The van der Waals surface area contributed by atoms with Gasteiger partial charge >= 0.3 is 0 Å². The van der Waals surface area contributed by atoms with Crippen molar-refractivity contribution < 1.29 is 9.53 Å². The molecule has 0 radical (unpaired) electrons. The summed E-state index contributed by atoms with van der Waals surface area (Å²) in [5.74, 6) is 1.10. The second kappa shape index (κ2) is 7.66. The van der Waals surface area contributed by atoms with Crippen molar-refractivity contribution in [3.63, 3.8) is 0 Å². The van der Waals surface area contributed by atoms with Crippen LogP contribution in [-0.2, 0) is 4.79 Å². The van der Waals surface area contributed by atoms with Gasteiger partial charge in [-0.25, -0.2) is 0 Å². The maximum Gasteiger partial charge on any atom is 0.260 e. The number of benzene rings is 1. The fourth-order valence-corrected chi connectivity index (χ4v) is 3.18. The average molecular weight is 311 g/mol. The highest BCUT2D eigenvalue weighted by Gasteiger charge is 2.33. The molecule has 21 heavy (non-hydrogen) atoms. The first kappa shape index (κ1) is 16.1. The van der Waals surface area contributed by atoms with Crippen LogP contribution in [0.1, 0.15) is 26.2 Å². The van der Waals surface area contributed by atoms with Crippen molar-refractivity contribution in [3.05, 3.63) is 29.3 Å². The van der Waals surface area contributed by atoms with Crippen molar-refractivity contribution in [2.24, 2.45) is 11.7 Å². The molecule has 2 N–H and O–H groups in total. The van der Waals surface area contributed by atoms with E-state index in [1.807, 2.05) is 11.8 Å². The van der Waals surface area contributed by atoms with Crippen LogP contribution in [0.25, 0.3) is 0 Å². The monoisotopic (exact) mass is 310 g/mol. The van der Waals surface area contributed by atoms with Gasteiger partial charge in [-0.2, -0.15) is 0 Å². The molecule has 2 atom stereocenters. The van der Waals surface area contributed by atoms with Gasteiger partial charge in [-0.05, 0) is 56.5 Å². The first-order chi connectivity index (χ1) is 10.2. The Balaban J connectivity index is 1.92. The number of carbonyl (C=O) groups is 1. The summed E-state index contributed by atoms with van der Waals surface area (Å²) in [6.45, 7) is 3.41. The molecule has 1 fully saturated rings. The Bertz CT molecular complexity index is 464. The number of nitrogens with two attached hydrogens (primary N) is 1. The zero-order valence-electron chi connectivity index (χ0n) is 12.4. The van der Waals surface area contributed by atoms with E-state index in [1.54, 1.807) is 24.3 Å². The minimum atomic E-state index is 0.0257. The van der Waals surface area contributed by atoms with Crippen LogP contribution >= 0.6 is 11.6 Å². The van der Waals surface area contributed by atoms with Crippen molar-refractivity contribution in [3.8, 4) is 5.75 Å². The maximum absolute atomic E-state index is 12.4. The fraction of sp³-hybridized carbons (Fsp3) is 0.562. The Morgan fingerprint density at radius 2 is 2.10 bits per heavy atom. The Morgan fingerprint density at radius 1 is 1.38 bits per heavy atom. The molecule has 1 aliphatic rings. The van der Waals surface area contributed by atoms with E-state index >= 15 is 0 Å². The number of likely N-dealkylation sites (N-methyl/N-ethyl adjacent to an activating group) is 1. The third kappa shape index (κ3) is 4.11. The third-order valence-corrected chi connectivity index (χ3v) is 4.41. The first-order valence-electron chi connectivity index (χ1n) is 7.53. The van der Waals surface area contributed by atoms with Gasteiger partial charge in [-0.3, -0.25) is 4.79 Å². The minimum absolute atomic E-state index is 0.0257. The van der Waals surface area contributed by atoms with Gasteiger partial charge in [0.05, 0.1) is 0 Å². The molecule has 0 saturated heterocycles. The van der Waals surface area contributed by atoms with Gasteiger partial charge in [0.25, 0.3) is 5.91 Å². The van der Waals surface area contributed by atoms with Crippen LogP contribution < -0.4 is 10.5 Å². The lowest BCUT2D eigenvalue weighted by atomic mass is 10.0. The molecular weight excluding hydrogens is 288 g/mol. The van der Waals surface area contributed by atoms with Crippen molar-refractivity contribution in [2.75, 3.05) is 19.7 Å². The molecule has 1 aromatic rings. The van der Waals surface area contributed by atoms with Gasteiger partial charge in [0.1, 0.15) is 5.75 Å². The highest BCUT2D eigenvalue weighted by atomic mass is 35.5. The molecule has 4 nitrogen and oxygen atoms in total. The van der Waals surface area contributed by atoms with E-state index in [1.165, 1.54) is 0 Å². The lowest BCUT2D eigenvalue weighted by Crippen LogP contribution is -2.46. The highest BCUT2D eigenvalue weighted by Crippen LogP contribution is 2.29. The molecule has 0 heterocycles. The molecule has 1 aromatic carbocycles. The van der Waals surface area contributed by atoms with Gasteiger partial charge in [-0.15, -0.1) is 0 Å². The molecule has 1 saturated carbocycles. The summed E-state index contributed by atoms with van der Waals surface area (Å²) in [6, 6.07) is 7.30. The Morgan fingerprint density at radius 3 is 2.71 bits per heavy atom. The quantitative estimate of drug-likeness (QED) is 0.879. The van der Waals surface area contributed by atoms with Crippen LogP contribution in [0.4, 0.5) is 0 Å². The van der Waals surface area contributed by atoms with E-state index in [0.717, 1.165) is 19.3 Å². The van der Waals surface area contributed by atoms with Crippen LogP contribution in [-0.4, -0.2) is 36.5 Å². The summed E-state index contributed by atoms with van der Waals surface area (Å²) in [6.07, 6.45) is 3.31. The maximum atomic E-state index is 12.4. The van der Waals surface area contributed by atoms with E-state index in [-0.39, 0.29) is 18.6 Å². The number of hydrogen-bond donors (Lipinski definition) is 1. The van der Waals surface area contributed by atoms with Crippen molar-refractivity contribution in [2.45, 2.75) is 32.2 Å². The van der Waals surface area contributed by atoms with E-state index in [9.17, 15) is 4.79 Å². The molecule has 0 bridgehead atoms. The topological polar surface area (TPSA) is 55.6 Å². The first-order valence-corrected chi connectivity index (χ1v) is 7.91. The largest absolute Gasteiger partial charge is 0.484 e. The smallest absolute Gasteiger partial charge is 0.260 e. The molecule has 1 aliphatic carbocycles. The minimum Gasteiger partial charge on any atom is -0.484 e. The Labute approximate surface area is 131 Å². The molecule has 1 amide bonds. The number of nitrogens with zero attached hydrogens (tertiary/aromatic N) is 1. The lowest BCUT2D eigenvalue weighted by molar-refractivity contribution is -0.136. The standard InChI is InChI=1S/C16H23ClN2O2/c1-2-19(15-5-3-4-12(15)10-18)16(20)11-21-14-8-6-13(17)7-9-14/h6-9,12,15H,2-5,10-11,18H2,1H3. The van der Waals surface area contributed by atoms with Crippen molar-refractivity contribution in [1.29, 1.82) is 0 Å². The number of hydrogen-bond acceptors (Lipinski definition) is 3. The van der Waals surface area contributed by atoms with Crippen molar-refractivity contribution in [1.82, 2.24) is 4.90 Å². The molecular formula is C16H23ClN2O2. The zero-order valence-corrected chi connectivity index (χ0v) is 13.2. The van der Waals surface area contributed by atoms with Crippen LogP contribution in [0, 0.1) is 5.92 Å². The molecule has 2 unspecified atom stereocenters. The summed E-state index contributed by atoms with van der Waals surface area (Å²) < 4.78 is 5.55. The Hall–Kier alpha value is -1.26. The third-order valence-electron chi connectivity index (χ3n) is 4.16. The van der Waals surface area contributed by atoms with Crippen LogP contribution in [0.3, 0.4) is 0 Å². The number of amides is 1. The van der Waals surface area contributed by atoms with E-state index in [4.69, 9.17) is 22.1 Å². The number of rotatable bonds is 6. The van der Waals surface area contributed by atoms with Crippen LogP contribution in [0.2, 0.25) is 5.02 Å². The molecule has 5 heteroatoms. The zero-order chi connectivity index (χ0) is 15.2. The molecule has 0 aliphatic heterocycles. The van der Waals surface area contributed by atoms with E-state index in [2.05, 4.69) is 0 Å². The van der Waals surface area contributed by atoms with Crippen LogP contribution in [0.5, 0.6) is 5.75 Å². The van der Waals surface area contributed by atoms with E-state index < -0.39 is 0 Å². The number of carbonyl (C=O) groups excluding carboxylic acids is 1. The molecule has 116 valence electrons.